The third-order valence-corrected chi connectivity index (χ3v) is 5.24. The number of rotatable bonds is 5. The average Bonchev–Trinajstić information content (AvgIpc) is 2.65. The van der Waals surface area contributed by atoms with E-state index in [0.717, 1.165) is 24.0 Å². The molecule has 0 aromatic heterocycles. The Kier molecular flexibility index (Phi) is 5.54. The Balaban J connectivity index is 1.86. The molecule has 0 spiro atoms. The molecule has 2 aromatic carbocycles. The zero-order chi connectivity index (χ0) is 17.7. The molecule has 1 saturated carbocycles. The van der Waals surface area contributed by atoms with Gasteiger partial charge in [-0.15, -0.1) is 11.6 Å². The molecule has 0 saturated heterocycles. The third-order valence-electron chi connectivity index (χ3n) is 4.68. The number of ketones is 1. The van der Waals surface area contributed by atoms with Crippen molar-refractivity contribution in [2.24, 2.45) is 0 Å². The molecule has 1 atom stereocenters. The summed E-state index contributed by atoms with van der Waals surface area (Å²) < 4.78 is 0. The van der Waals surface area contributed by atoms with Crippen LogP contribution in [0.5, 0.6) is 0 Å². The smallest absolute Gasteiger partial charge is 0.251 e. The fourth-order valence-electron chi connectivity index (χ4n) is 3.28. The van der Waals surface area contributed by atoms with Crippen LogP contribution in [-0.2, 0) is 22.7 Å². The van der Waals surface area contributed by atoms with Crippen molar-refractivity contribution in [1.29, 1.82) is 0 Å². The number of benzene rings is 2. The van der Waals surface area contributed by atoms with E-state index in [2.05, 4.69) is 0 Å². The largest absolute Gasteiger partial charge is 0.332 e. The first-order chi connectivity index (χ1) is 12.1. The summed E-state index contributed by atoms with van der Waals surface area (Å²) in [5, 5.41) is 0. The lowest BCUT2D eigenvalue weighted by atomic mass is 9.85. The normalized spacial score (nSPS) is 20.3. The lowest BCUT2D eigenvalue weighted by Gasteiger charge is -2.34. The Morgan fingerprint density at radius 3 is 1.92 bits per heavy atom. The van der Waals surface area contributed by atoms with Crippen LogP contribution in [-0.4, -0.2) is 21.5 Å². The second-order valence-electron chi connectivity index (χ2n) is 6.56. The summed E-state index contributed by atoms with van der Waals surface area (Å²) in [4.78, 5) is 25.9. The summed E-state index contributed by atoms with van der Waals surface area (Å²) in [5.74, 6) is -0.414. The zero-order valence-corrected chi connectivity index (χ0v) is 14.9. The van der Waals surface area contributed by atoms with Crippen LogP contribution >= 0.6 is 11.6 Å². The van der Waals surface area contributed by atoms with Crippen LogP contribution in [0.25, 0.3) is 0 Å². The number of nitrogens with zero attached hydrogens (tertiary/aromatic N) is 1. The van der Waals surface area contributed by atoms with Crippen molar-refractivity contribution in [3.63, 3.8) is 0 Å². The lowest BCUT2D eigenvalue weighted by Crippen LogP contribution is -2.51. The number of halogens is 1. The molecule has 4 heteroatoms. The van der Waals surface area contributed by atoms with Gasteiger partial charge in [-0.25, -0.2) is 0 Å². The monoisotopic (exact) mass is 355 g/mol. The molecular weight excluding hydrogens is 334 g/mol. The van der Waals surface area contributed by atoms with Gasteiger partial charge in [-0.2, -0.15) is 0 Å². The average molecular weight is 356 g/mol. The number of hydrogen-bond acceptors (Lipinski definition) is 2. The topological polar surface area (TPSA) is 37.4 Å². The maximum Gasteiger partial charge on any atom is 0.251 e. The minimum Gasteiger partial charge on any atom is -0.332 e. The molecule has 3 rings (SSSR count). The molecule has 3 nitrogen and oxygen atoms in total. The van der Waals surface area contributed by atoms with Crippen molar-refractivity contribution in [3.05, 3.63) is 71.8 Å². The maximum atomic E-state index is 13.2. The SMILES string of the molecule is O=C1CCCCC1(Cl)C(=O)N(Cc1ccccc1)Cc1ccccc1. The fraction of sp³-hybridized carbons (Fsp3) is 0.333. The first-order valence-corrected chi connectivity index (χ1v) is 9.07. The van der Waals surface area contributed by atoms with Crippen molar-refractivity contribution in [2.45, 2.75) is 43.6 Å². The molecule has 0 N–H and O–H groups in total. The number of Topliss-reactive ketones (excluding diaryl/α,β-unsaturated/α-hetero) is 1. The molecule has 1 fully saturated rings. The second-order valence-corrected chi connectivity index (χ2v) is 7.21. The van der Waals surface area contributed by atoms with Crippen molar-refractivity contribution in [1.82, 2.24) is 4.90 Å². The second kappa shape index (κ2) is 7.83. The number of carbonyl (C=O) groups is 2. The Labute approximate surface area is 153 Å². The highest BCUT2D eigenvalue weighted by Crippen LogP contribution is 2.34. The van der Waals surface area contributed by atoms with Crippen LogP contribution in [0, 0.1) is 0 Å². The van der Waals surface area contributed by atoms with Gasteiger partial charge in [0.2, 0.25) is 0 Å². The van der Waals surface area contributed by atoms with Gasteiger partial charge in [-0.1, -0.05) is 67.1 Å². The van der Waals surface area contributed by atoms with Gasteiger partial charge in [0.25, 0.3) is 5.91 Å². The lowest BCUT2D eigenvalue weighted by molar-refractivity contribution is -0.141. The predicted molar refractivity (Wildman–Crippen MR) is 99.2 cm³/mol. The molecule has 0 bridgehead atoms. The van der Waals surface area contributed by atoms with E-state index in [-0.39, 0.29) is 11.7 Å². The molecule has 25 heavy (non-hydrogen) atoms. The van der Waals surface area contributed by atoms with Gasteiger partial charge in [-0.3, -0.25) is 9.59 Å². The van der Waals surface area contributed by atoms with Crippen molar-refractivity contribution < 1.29 is 9.59 Å². The Bertz CT molecular complexity index is 691. The number of amides is 1. The highest BCUT2D eigenvalue weighted by Gasteiger charge is 2.47. The van der Waals surface area contributed by atoms with Crippen molar-refractivity contribution >= 4 is 23.3 Å². The number of carbonyl (C=O) groups excluding carboxylic acids is 2. The molecule has 1 unspecified atom stereocenters. The van der Waals surface area contributed by atoms with Crippen LogP contribution in [0.1, 0.15) is 36.8 Å². The summed E-state index contributed by atoms with van der Waals surface area (Å²) in [5.41, 5.74) is 2.05. The maximum absolute atomic E-state index is 13.2. The fourth-order valence-corrected chi connectivity index (χ4v) is 3.62. The summed E-state index contributed by atoms with van der Waals surface area (Å²) in [6.07, 6.45) is 2.44. The van der Waals surface area contributed by atoms with Crippen LogP contribution in [0.2, 0.25) is 0 Å². The van der Waals surface area contributed by atoms with E-state index in [0.29, 0.717) is 25.9 Å². The van der Waals surface area contributed by atoms with E-state index in [1.807, 2.05) is 60.7 Å². The Morgan fingerprint density at radius 2 is 1.44 bits per heavy atom. The summed E-state index contributed by atoms with van der Waals surface area (Å²) >= 11 is 6.56. The van der Waals surface area contributed by atoms with Gasteiger partial charge >= 0.3 is 0 Å². The predicted octanol–water partition coefficient (Wildman–Crippen LogP) is 4.34. The van der Waals surface area contributed by atoms with E-state index in [9.17, 15) is 9.59 Å². The number of hydrogen-bond donors (Lipinski definition) is 0. The standard InChI is InChI=1S/C21H22ClNO2/c22-21(14-8-7-13-19(21)24)20(25)23(15-17-9-3-1-4-10-17)16-18-11-5-2-6-12-18/h1-6,9-12H,7-8,13-16H2. The van der Waals surface area contributed by atoms with Crippen LogP contribution in [0.3, 0.4) is 0 Å². The van der Waals surface area contributed by atoms with Crippen LogP contribution < -0.4 is 0 Å². The Hall–Kier alpha value is -2.13. The molecular formula is C21H22ClNO2. The summed E-state index contributed by atoms with van der Waals surface area (Å²) in [6, 6.07) is 19.6. The highest BCUT2D eigenvalue weighted by molar-refractivity contribution is 6.46. The van der Waals surface area contributed by atoms with Gasteiger partial charge in [0, 0.05) is 19.5 Å². The van der Waals surface area contributed by atoms with Gasteiger partial charge in [0.05, 0.1) is 0 Å². The first kappa shape index (κ1) is 17.7. The van der Waals surface area contributed by atoms with Crippen LogP contribution in [0.4, 0.5) is 0 Å². The molecule has 0 aliphatic heterocycles. The Morgan fingerprint density at radius 1 is 0.920 bits per heavy atom. The van der Waals surface area contributed by atoms with E-state index in [4.69, 9.17) is 11.6 Å². The first-order valence-electron chi connectivity index (χ1n) is 8.69. The van der Waals surface area contributed by atoms with Gasteiger partial charge < -0.3 is 4.90 Å². The number of alkyl halides is 1. The third kappa shape index (κ3) is 4.10. The zero-order valence-electron chi connectivity index (χ0n) is 14.2. The quantitative estimate of drug-likeness (QED) is 0.591. The molecule has 1 amide bonds. The molecule has 0 radical (unpaired) electrons. The molecule has 2 aromatic rings. The summed E-state index contributed by atoms with van der Waals surface area (Å²) in [6.45, 7) is 0.882. The molecule has 1 aliphatic carbocycles. The van der Waals surface area contributed by atoms with Crippen molar-refractivity contribution in [2.75, 3.05) is 0 Å². The summed E-state index contributed by atoms with van der Waals surface area (Å²) in [7, 11) is 0. The molecule has 130 valence electrons. The van der Waals surface area contributed by atoms with E-state index in [1.165, 1.54) is 0 Å². The molecule has 1 aliphatic rings. The van der Waals surface area contributed by atoms with Gasteiger partial charge in [0.1, 0.15) is 0 Å². The van der Waals surface area contributed by atoms with E-state index >= 15 is 0 Å². The minimum absolute atomic E-state index is 0.142. The van der Waals surface area contributed by atoms with Gasteiger partial charge in [0.15, 0.2) is 10.7 Å². The minimum atomic E-state index is -1.40. The van der Waals surface area contributed by atoms with E-state index in [1.54, 1.807) is 4.90 Å². The van der Waals surface area contributed by atoms with Crippen LogP contribution in [0.15, 0.2) is 60.7 Å². The molecule has 0 heterocycles. The van der Waals surface area contributed by atoms with E-state index < -0.39 is 4.87 Å². The van der Waals surface area contributed by atoms with Crippen molar-refractivity contribution in [3.8, 4) is 0 Å². The van der Waals surface area contributed by atoms with Gasteiger partial charge in [-0.05, 0) is 24.0 Å². The highest BCUT2D eigenvalue weighted by atomic mass is 35.5.